The van der Waals surface area contributed by atoms with E-state index in [4.69, 9.17) is 0 Å². The first kappa shape index (κ1) is 14.5. The number of carbonyl (C=O) groups is 2. The summed E-state index contributed by atoms with van der Waals surface area (Å²) in [5.41, 5.74) is 0.472. The van der Waals surface area contributed by atoms with Gasteiger partial charge in [0.05, 0.1) is 12.1 Å². The van der Waals surface area contributed by atoms with Crippen LogP contribution in [0.1, 0.15) is 43.5 Å². The molecule has 1 fully saturated rings. The third-order valence-corrected chi connectivity index (χ3v) is 3.81. The van der Waals surface area contributed by atoms with E-state index in [2.05, 4.69) is 24.1 Å². The first-order chi connectivity index (χ1) is 9.59. The molecule has 1 aromatic rings. The van der Waals surface area contributed by atoms with Gasteiger partial charge in [0.15, 0.2) is 0 Å². The molecule has 1 saturated heterocycles. The molecule has 5 nitrogen and oxygen atoms in total. The van der Waals surface area contributed by atoms with Crippen molar-refractivity contribution >= 4 is 11.8 Å². The number of hydrogen-bond acceptors (Lipinski definition) is 3. The van der Waals surface area contributed by atoms with Crippen LogP contribution in [-0.4, -0.2) is 40.3 Å². The standard InChI is InChI=1S/C15H21N3O2/c1-11-5-3-6-12(2)18(11)14(19)10-17-15(20)13-7-4-8-16-9-13/h4,7-9,11-12H,3,5-6,10H2,1-2H3,(H,17,20). The highest BCUT2D eigenvalue weighted by atomic mass is 16.2. The molecule has 2 heterocycles. The third-order valence-electron chi connectivity index (χ3n) is 3.81. The highest BCUT2D eigenvalue weighted by Gasteiger charge is 2.28. The Morgan fingerprint density at radius 1 is 1.35 bits per heavy atom. The van der Waals surface area contributed by atoms with Gasteiger partial charge in [0.2, 0.25) is 5.91 Å². The number of rotatable bonds is 3. The molecule has 2 amide bonds. The van der Waals surface area contributed by atoms with Crippen LogP contribution >= 0.6 is 0 Å². The Hall–Kier alpha value is -1.91. The lowest BCUT2D eigenvalue weighted by Crippen LogP contribution is -2.51. The summed E-state index contributed by atoms with van der Waals surface area (Å²) in [5.74, 6) is -0.272. The average Bonchev–Trinajstić information content (AvgIpc) is 2.45. The Morgan fingerprint density at radius 2 is 2.05 bits per heavy atom. The van der Waals surface area contributed by atoms with Crippen LogP contribution < -0.4 is 5.32 Å². The van der Waals surface area contributed by atoms with Crippen molar-refractivity contribution in [2.24, 2.45) is 0 Å². The smallest absolute Gasteiger partial charge is 0.253 e. The molecule has 1 aliphatic rings. The van der Waals surface area contributed by atoms with Gasteiger partial charge in [0, 0.05) is 24.5 Å². The average molecular weight is 275 g/mol. The van der Waals surface area contributed by atoms with E-state index in [1.54, 1.807) is 18.3 Å². The summed E-state index contributed by atoms with van der Waals surface area (Å²) < 4.78 is 0. The van der Waals surface area contributed by atoms with E-state index < -0.39 is 0 Å². The van der Waals surface area contributed by atoms with Gasteiger partial charge in [-0.15, -0.1) is 0 Å². The predicted octanol–water partition coefficient (Wildman–Crippen LogP) is 1.60. The number of piperidine rings is 1. The van der Waals surface area contributed by atoms with Crippen molar-refractivity contribution in [3.8, 4) is 0 Å². The van der Waals surface area contributed by atoms with Gasteiger partial charge >= 0.3 is 0 Å². The zero-order chi connectivity index (χ0) is 14.5. The Balaban J connectivity index is 1.90. The summed E-state index contributed by atoms with van der Waals surface area (Å²) in [4.78, 5) is 29.9. The lowest BCUT2D eigenvalue weighted by atomic mass is 9.97. The molecule has 2 atom stereocenters. The number of pyridine rings is 1. The van der Waals surface area contributed by atoms with Crippen molar-refractivity contribution < 1.29 is 9.59 Å². The number of nitrogens with one attached hydrogen (secondary N) is 1. The molecule has 0 aliphatic carbocycles. The molecule has 2 unspecified atom stereocenters. The van der Waals surface area contributed by atoms with Crippen LogP contribution in [0.5, 0.6) is 0 Å². The van der Waals surface area contributed by atoms with E-state index in [1.807, 2.05) is 4.90 Å². The lowest BCUT2D eigenvalue weighted by Gasteiger charge is -2.39. The number of amides is 2. The maximum Gasteiger partial charge on any atom is 0.253 e. The Labute approximate surface area is 119 Å². The van der Waals surface area contributed by atoms with Gasteiger partial charge in [0.25, 0.3) is 5.91 Å². The van der Waals surface area contributed by atoms with Crippen molar-refractivity contribution in [1.29, 1.82) is 0 Å². The van der Waals surface area contributed by atoms with Gasteiger partial charge in [-0.05, 0) is 45.2 Å². The Kier molecular flexibility index (Phi) is 4.71. The highest BCUT2D eigenvalue weighted by Crippen LogP contribution is 2.22. The van der Waals surface area contributed by atoms with E-state index in [0.717, 1.165) is 19.3 Å². The van der Waals surface area contributed by atoms with Crippen LogP contribution in [-0.2, 0) is 4.79 Å². The highest BCUT2D eigenvalue weighted by molar-refractivity contribution is 5.96. The van der Waals surface area contributed by atoms with E-state index in [-0.39, 0.29) is 30.4 Å². The molecule has 20 heavy (non-hydrogen) atoms. The molecule has 0 saturated carbocycles. The molecule has 108 valence electrons. The number of nitrogens with zero attached hydrogens (tertiary/aromatic N) is 2. The van der Waals surface area contributed by atoms with Gasteiger partial charge in [-0.2, -0.15) is 0 Å². The van der Waals surface area contributed by atoms with E-state index >= 15 is 0 Å². The summed E-state index contributed by atoms with van der Waals surface area (Å²) in [5, 5.41) is 2.67. The minimum absolute atomic E-state index is 0.0121. The summed E-state index contributed by atoms with van der Waals surface area (Å²) in [6.45, 7) is 4.18. The SMILES string of the molecule is CC1CCCC(C)N1C(=O)CNC(=O)c1cccnc1. The number of likely N-dealkylation sites (tertiary alicyclic amines) is 1. The second-order valence-electron chi connectivity index (χ2n) is 5.35. The summed E-state index contributed by atoms with van der Waals surface area (Å²) in [6.07, 6.45) is 6.33. The molecule has 0 spiro atoms. The van der Waals surface area contributed by atoms with Gasteiger partial charge in [0.1, 0.15) is 0 Å². The van der Waals surface area contributed by atoms with Gasteiger partial charge in [-0.1, -0.05) is 0 Å². The van der Waals surface area contributed by atoms with Crippen LogP contribution in [0.2, 0.25) is 0 Å². The molecule has 1 N–H and O–H groups in total. The van der Waals surface area contributed by atoms with Crippen LogP contribution in [0.15, 0.2) is 24.5 Å². The maximum atomic E-state index is 12.3. The number of aromatic nitrogens is 1. The molecule has 1 aromatic heterocycles. The van der Waals surface area contributed by atoms with Crippen molar-refractivity contribution in [3.63, 3.8) is 0 Å². The van der Waals surface area contributed by atoms with Gasteiger partial charge < -0.3 is 10.2 Å². The molecular weight excluding hydrogens is 254 g/mol. The van der Waals surface area contributed by atoms with Crippen molar-refractivity contribution in [1.82, 2.24) is 15.2 Å². The van der Waals surface area contributed by atoms with Gasteiger partial charge in [-0.3, -0.25) is 14.6 Å². The number of hydrogen-bond donors (Lipinski definition) is 1. The molecule has 0 aromatic carbocycles. The molecule has 0 radical (unpaired) electrons. The quantitative estimate of drug-likeness (QED) is 0.911. The van der Waals surface area contributed by atoms with E-state index in [1.165, 1.54) is 6.20 Å². The summed E-state index contributed by atoms with van der Waals surface area (Å²) in [6, 6.07) is 3.88. The second-order valence-corrected chi connectivity index (χ2v) is 5.35. The lowest BCUT2D eigenvalue weighted by molar-refractivity contribution is -0.136. The Morgan fingerprint density at radius 3 is 2.65 bits per heavy atom. The molecule has 0 bridgehead atoms. The first-order valence-corrected chi connectivity index (χ1v) is 7.09. The van der Waals surface area contributed by atoms with Gasteiger partial charge in [-0.25, -0.2) is 0 Å². The molecular formula is C15H21N3O2. The molecule has 5 heteroatoms. The fraction of sp³-hybridized carbons (Fsp3) is 0.533. The minimum atomic E-state index is -0.260. The first-order valence-electron chi connectivity index (χ1n) is 7.09. The minimum Gasteiger partial charge on any atom is -0.343 e. The summed E-state index contributed by atoms with van der Waals surface area (Å²) >= 11 is 0. The second kappa shape index (κ2) is 6.50. The molecule has 2 rings (SSSR count). The zero-order valence-corrected chi connectivity index (χ0v) is 12.0. The van der Waals surface area contributed by atoms with Crippen LogP contribution in [0.4, 0.5) is 0 Å². The third kappa shape index (κ3) is 3.35. The van der Waals surface area contributed by atoms with Crippen LogP contribution in [0.3, 0.4) is 0 Å². The number of carbonyl (C=O) groups excluding carboxylic acids is 2. The summed E-state index contributed by atoms with van der Waals surface area (Å²) in [7, 11) is 0. The molecule has 1 aliphatic heterocycles. The van der Waals surface area contributed by atoms with Crippen molar-refractivity contribution in [2.45, 2.75) is 45.2 Å². The van der Waals surface area contributed by atoms with E-state index in [0.29, 0.717) is 5.56 Å². The van der Waals surface area contributed by atoms with Crippen molar-refractivity contribution in [3.05, 3.63) is 30.1 Å². The fourth-order valence-corrected chi connectivity index (χ4v) is 2.76. The van der Waals surface area contributed by atoms with E-state index in [9.17, 15) is 9.59 Å². The zero-order valence-electron chi connectivity index (χ0n) is 12.0. The topological polar surface area (TPSA) is 62.3 Å². The maximum absolute atomic E-state index is 12.3. The van der Waals surface area contributed by atoms with Crippen molar-refractivity contribution in [2.75, 3.05) is 6.54 Å². The normalized spacial score (nSPS) is 22.4. The predicted molar refractivity (Wildman–Crippen MR) is 76.2 cm³/mol. The Bertz CT molecular complexity index is 465. The van der Waals surface area contributed by atoms with Crippen LogP contribution in [0.25, 0.3) is 0 Å². The largest absolute Gasteiger partial charge is 0.343 e. The fourth-order valence-electron chi connectivity index (χ4n) is 2.76. The van der Waals surface area contributed by atoms with Crippen LogP contribution in [0, 0.1) is 0 Å². The monoisotopic (exact) mass is 275 g/mol.